The van der Waals surface area contributed by atoms with Crippen molar-refractivity contribution in [3.8, 4) is 0 Å². The summed E-state index contributed by atoms with van der Waals surface area (Å²) in [5, 5.41) is 0. The maximum Gasteiger partial charge on any atom is 0.306 e. The van der Waals surface area contributed by atoms with Crippen LogP contribution in [0.1, 0.15) is 207 Å². The lowest BCUT2D eigenvalue weighted by molar-refractivity contribution is -0.873. The Morgan fingerprint density at radius 3 is 1.13 bits per heavy atom. The molecule has 0 spiro atoms. The number of unbranched alkanes of at least 4 members (excludes halogenated alkanes) is 24. The molecule has 0 amide bonds. The van der Waals surface area contributed by atoms with Crippen molar-refractivity contribution in [3.63, 3.8) is 0 Å². The summed E-state index contributed by atoms with van der Waals surface area (Å²) in [7, 11) is 6.08. The number of carbonyl (C=O) groups excluding carboxylic acids is 3. The van der Waals surface area contributed by atoms with E-state index in [1.165, 1.54) is 128 Å². The number of quaternary nitrogens is 1. The second-order valence-electron chi connectivity index (χ2n) is 16.6. The summed E-state index contributed by atoms with van der Waals surface area (Å²) in [4.78, 5) is 37.1. The Hall–Kier alpha value is -1.71. The van der Waals surface area contributed by atoms with Crippen molar-refractivity contribution < 1.29 is 42.6 Å². The van der Waals surface area contributed by atoms with Gasteiger partial charge < -0.3 is 28.2 Å². The van der Waals surface area contributed by atoms with E-state index in [1.807, 2.05) is 21.1 Å². The first-order chi connectivity index (χ1) is 26.1. The van der Waals surface area contributed by atoms with Crippen molar-refractivity contribution >= 4 is 17.9 Å². The Morgan fingerprint density at radius 1 is 0.444 bits per heavy atom. The van der Waals surface area contributed by atoms with Crippen LogP contribution in [-0.4, -0.2) is 88.9 Å². The average Bonchev–Trinajstić information content (AvgIpc) is 3.13. The lowest BCUT2D eigenvalue weighted by atomic mass is 10.0. The molecule has 0 aromatic carbocycles. The van der Waals surface area contributed by atoms with Crippen LogP contribution in [0.5, 0.6) is 0 Å². The minimum absolute atomic E-state index is 0.0141. The van der Waals surface area contributed by atoms with Crippen LogP contribution in [0.4, 0.5) is 0 Å². The van der Waals surface area contributed by atoms with Crippen LogP contribution in [0, 0.1) is 0 Å². The van der Waals surface area contributed by atoms with E-state index in [0.29, 0.717) is 30.3 Å². The van der Waals surface area contributed by atoms with Gasteiger partial charge in [-0.2, -0.15) is 0 Å². The smallest absolute Gasteiger partial charge is 0.306 e. The van der Waals surface area contributed by atoms with Crippen molar-refractivity contribution in [3.05, 3.63) is 0 Å². The summed E-state index contributed by atoms with van der Waals surface area (Å²) in [5.74, 6) is -0.803. The third-order valence-electron chi connectivity index (χ3n) is 9.86. The molecule has 0 aliphatic heterocycles. The number of likely N-dealkylation sites (N-methyl/N-ethyl adjacent to an activating group) is 1. The summed E-state index contributed by atoms with van der Waals surface area (Å²) >= 11 is 0. The highest BCUT2D eigenvalue weighted by atomic mass is 16.7. The molecule has 0 aliphatic carbocycles. The molecule has 1 atom stereocenters. The zero-order valence-electron chi connectivity index (χ0n) is 36.4. The highest BCUT2D eigenvalue weighted by molar-refractivity contribution is 5.70. The van der Waals surface area contributed by atoms with E-state index >= 15 is 0 Å². The maximum absolute atomic E-state index is 12.6. The minimum Gasteiger partial charge on any atom is -0.463 e. The first kappa shape index (κ1) is 52.3. The lowest BCUT2D eigenvalue weighted by Crippen LogP contribution is -2.45. The molecule has 54 heavy (non-hydrogen) atoms. The largest absolute Gasteiger partial charge is 0.463 e. The Labute approximate surface area is 333 Å². The molecule has 9 nitrogen and oxygen atoms in total. The first-order valence-electron chi connectivity index (χ1n) is 22.6. The molecule has 1 unspecified atom stereocenters. The number of hydrogen-bond acceptors (Lipinski definition) is 8. The van der Waals surface area contributed by atoms with Crippen molar-refractivity contribution in [2.45, 2.75) is 219 Å². The van der Waals surface area contributed by atoms with Crippen molar-refractivity contribution in [2.24, 2.45) is 0 Å². The maximum atomic E-state index is 12.6. The molecule has 320 valence electrons. The third-order valence-corrected chi connectivity index (χ3v) is 9.86. The molecular weight excluding hydrogens is 682 g/mol. The van der Waals surface area contributed by atoms with Gasteiger partial charge in [-0.1, -0.05) is 175 Å². The fourth-order valence-electron chi connectivity index (χ4n) is 6.56. The van der Waals surface area contributed by atoms with Gasteiger partial charge in [-0.15, -0.1) is 0 Å². The van der Waals surface area contributed by atoms with Gasteiger partial charge in [0.25, 0.3) is 0 Å². The van der Waals surface area contributed by atoms with Crippen molar-refractivity contribution in [1.29, 1.82) is 0 Å². The van der Waals surface area contributed by atoms with Gasteiger partial charge in [0, 0.05) is 19.3 Å². The van der Waals surface area contributed by atoms with Crippen LogP contribution in [0.25, 0.3) is 0 Å². The predicted octanol–water partition coefficient (Wildman–Crippen LogP) is 11.4. The molecule has 0 aliphatic rings. The molecule has 0 rings (SSSR count). The van der Waals surface area contributed by atoms with Crippen LogP contribution in [0.15, 0.2) is 0 Å². The quantitative estimate of drug-likeness (QED) is 0.0199. The van der Waals surface area contributed by atoms with E-state index in [1.54, 1.807) is 6.92 Å². The Kier molecular flexibility index (Phi) is 37.0. The van der Waals surface area contributed by atoms with E-state index in [2.05, 4.69) is 13.8 Å². The van der Waals surface area contributed by atoms with Crippen LogP contribution in [0.3, 0.4) is 0 Å². The highest BCUT2D eigenvalue weighted by Gasteiger charge is 2.23. The highest BCUT2D eigenvalue weighted by Crippen LogP contribution is 2.15. The number of ether oxygens (including phenoxy) is 5. The predicted molar refractivity (Wildman–Crippen MR) is 221 cm³/mol. The summed E-state index contributed by atoms with van der Waals surface area (Å²) < 4.78 is 28.9. The van der Waals surface area contributed by atoms with Gasteiger partial charge in [0.05, 0.1) is 27.7 Å². The van der Waals surface area contributed by atoms with Gasteiger partial charge in [-0.05, 0) is 12.8 Å². The van der Waals surface area contributed by atoms with Gasteiger partial charge in [0.1, 0.15) is 32.7 Å². The van der Waals surface area contributed by atoms with E-state index in [0.717, 1.165) is 38.5 Å². The van der Waals surface area contributed by atoms with E-state index < -0.39 is 12.2 Å². The molecule has 0 saturated carbocycles. The third kappa shape index (κ3) is 38.6. The number of hydrogen-bond donors (Lipinski definition) is 0. The molecule has 0 bridgehead atoms. The molecular formula is C45H88NO8+. The molecule has 9 heteroatoms. The zero-order chi connectivity index (χ0) is 40.0. The number of carbonyl (C=O) groups is 3. The van der Waals surface area contributed by atoms with Gasteiger partial charge in [0.15, 0.2) is 6.10 Å². The van der Waals surface area contributed by atoms with E-state index in [-0.39, 0.29) is 44.5 Å². The molecule has 0 aromatic heterocycles. The Bertz CT molecular complexity index is 815. The lowest BCUT2D eigenvalue weighted by Gasteiger charge is -2.29. The standard InChI is InChI=1S/C45H88NO8/c1-7-10-12-14-16-18-20-22-24-26-28-30-32-34-44(48)51-38-42(53-40-50-37-41(36-46(4,5)6)54-43(47)9-3)39-52-45(49)35-33-31-29-27-25-23-21-19-17-15-13-11-8-2/h41-42H,7-40H2,1-6H3/q+1. The molecule has 0 radical (unpaired) electrons. The van der Waals surface area contributed by atoms with E-state index in [4.69, 9.17) is 23.7 Å². The fourth-order valence-corrected chi connectivity index (χ4v) is 6.56. The van der Waals surface area contributed by atoms with Crippen molar-refractivity contribution in [1.82, 2.24) is 0 Å². The number of rotatable bonds is 41. The van der Waals surface area contributed by atoms with E-state index in [9.17, 15) is 14.4 Å². The Balaban J connectivity index is 4.48. The fraction of sp³-hybridized carbons (Fsp3) is 0.933. The van der Waals surface area contributed by atoms with Crippen molar-refractivity contribution in [2.75, 3.05) is 54.3 Å². The minimum atomic E-state index is -0.647. The van der Waals surface area contributed by atoms with Crippen LogP contribution < -0.4 is 0 Å². The average molecular weight is 771 g/mol. The molecule has 0 saturated heterocycles. The summed E-state index contributed by atoms with van der Waals surface area (Å²) in [6.45, 7) is 6.91. The number of esters is 3. The van der Waals surface area contributed by atoms with Crippen LogP contribution in [0.2, 0.25) is 0 Å². The summed E-state index contributed by atoms with van der Waals surface area (Å²) in [6.07, 6.45) is 32.5. The second kappa shape index (κ2) is 38.2. The monoisotopic (exact) mass is 771 g/mol. The topological polar surface area (TPSA) is 97.4 Å². The van der Waals surface area contributed by atoms with Gasteiger partial charge >= 0.3 is 17.9 Å². The molecule has 0 fully saturated rings. The second-order valence-corrected chi connectivity index (χ2v) is 16.6. The van der Waals surface area contributed by atoms with Crippen LogP contribution >= 0.6 is 0 Å². The van der Waals surface area contributed by atoms with Gasteiger partial charge in [-0.3, -0.25) is 14.4 Å². The normalized spacial score (nSPS) is 12.3. The number of nitrogens with zero attached hydrogens (tertiary/aromatic N) is 1. The zero-order valence-corrected chi connectivity index (χ0v) is 36.4. The molecule has 0 aromatic rings. The Morgan fingerprint density at radius 2 is 0.796 bits per heavy atom. The van der Waals surface area contributed by atoms with Crippen LogP contribution in [-0.2, 0) is 38.1 Å². The summed E-state index contributed by atoms with van der Waals surface area (Å²) in [5.41, 5.74) is 0. The molecule has 0 heterocycles. The van der Waals surface area contributed by atoms with Gasteiger partial charge in [-0.25, -0.2) is 0 Å². The van der Waals surface area contributed by atoms with Gasteiger partial charge in [0.2, 0.25) is 0 Å². The SMILES string of the molecule is CCCCCCCCCCCCCCCC(=O)OCC(COC(=O)CCCCCCCCCCCCCCC)OCOCC(C[N+](C)(C)C)OC(=O)CC. The molecule has 0 N–H and O–H groups in total. The summed E-state index contributed by atoms with van der Waals surface area (Å²) in [6, 6.07) is 0. The first-order valence-corrected chi connectivity index (χ1v) is 22.6.